The lowest BCUT2D eigenvalue weighted by molar-refractivity contribution is -0.253. The predicted molar refractivity (Wildman–Crippen MR) is 97.2 cm³/mol. The van der Waals surface area contributed by atoms with Crippen LogP contribution in [0.3, 0.4) is 0 Å². The summed E-state index contributed by atoms with van der Waals surface area (Å²) in [6, 6.07) is 4.73. The van der Waals surface area contributed by atoms with Gasteiger partial charge in [0.05, 0.1) is 4.75 Å². The lowest BCUT2D eigenvalue weighted by Gasteiger charge is -2.19. The van der Waals surface area contributed by atoms with Gasteiger partial charge in [0.1, 0.15) is 5.75 Å². The van der Waals surface area contributed by atoms with Crippen molar-refractivity contribution in [1.29, 1.82) is 0 Å². The van der Waals surface area contributed by atoms with E-state index in [1.54, 1.807) is 20.8 Å². The highest BCUT2D eigenvalue weighted by atomic mass is 32.2. The Hall–Kier alpha value is -1.88. The van der Waals surface area contributed by atoms with E-state index < -0.39 is 39.0 Å². The predicted octanol–water partition coefficient (Wildman–Crippen LogP) is 3.75. The Morgan fingerprint density at radius 3 is 2.39 bits per heavy atom. The summed E-state index contributed by atoms with van der Waals surface area (Å²) in [5, 5.41) is 2.44. The van der Waals surface area contributed by atoms with Gasteiger partial charge in [0.15, 0.2) is 0 Å². The molecule has 0 aliphatic rings. The van der Waals surface area contributed by atoms with Gasteiger partial charge in [0.2, 0.25) is 15.9 Å². The standard InChI is InChI=1S/C17H24F4N2O4S/c1-16(2,3)28(25,26)22-10-5-4-9-14(24)23-12-7-6-8-13(11-12)27-17(20,21)15(18)19/h6-8,11,15,22H,4-5,9-10H2,1-3H3,(H,23,24). The Morgan fingerprint density at radius 2 is 1.82 bits per heavy atom. The number of ether oxygens (including phenoxy) is 1. The summed E-state index contributed by atoms with van der Waals surface area (Å²) < 4.78 is 79.4. The molecule has 28 heavy (non-hydrogen) atoms. The van der Waals surface area contributed by atoms with Crippen molar-refractivity contribution in [3.05, 3.63) is 24.3 Å². The molecule has 1 aromatic carbocycles. The molecule has 0 aromatic heterocycles. The fraction of sp³-hybridized carbons (Fsp3) is 0.588. The van der Waals surface area contributed by atoms with E-state index in [9.17, 15) is 30.8 Å². The molecule has 0 radical (unpaired) electrons. The van der Waals surface area contributed by atoms with E-state index >= 15 is 0 Å². The number of unbranched alkanes of at least 4 members (excludes halogenated alkanes) is 1. The number of halogens is 4. The first-order valence-corrected chi connectivity index (χ1v) is 9.97. The van der Waals surface area contributed by atoms with Gasteiger partial charge < -0.3 is 10.1 Å². The van der Waals surface area contributed by atoms with Crippen LogP contribution in [-0.4, -0.2) is 38.2 Å². The first-order chi connectivity index (χ1) is 12.7. The molecule has 0 aliphatic carbocycles. The van der Waals surface area contributed by atoms with Crippen molar-refractivity contribution in [1.82, 2.24) is 4.72 Å². The molecule has 2 N–H and O–H groups in total. The van der Waals surface area contributed by atoms with Crippen LogP contribution in [0.25, 0.3) is 0 Å². The van der Waals surface area contributed by atoms with E-state index in [2.05, 4.69) is 14.8 Å². The molecule has 0 bridgehead atoms. The zero-order chi connectivity index (χ0) is 21.6. The van der Waals surface area contributed by atoms with Gasteiger partial charge in [-0.3, -0.25) is 4.79 Å². The van der Waals surface area contributed by atoms with Gasteiger partial charge in [-0.1, -0.05) is 6.07 Å². The molecule has 1 rings (SSSR count). The molecule has 0 aliphatic heterocycles. The molecule has 1 aromatic rings. The maximum atomic E-state index is 12.9. The Kier molecular flexibility index (Phi) is 8.24. The van der Waals surface area contributed by atoms with Crippen LogP contribution >= 0.6 is 0 Å². The highest BCUT2D eigenvalue weighted by molar-refractivity contribution is 7.90. The number of rotatable bonds is 10. The number of nitrogens with one attached hydrogen (secondary N) is 2. The van der Waals surface area contributed by atoms with Crippen LogP contribution in [0.2, 0.25) is 0 Å². The van der Waals surface area contributed by atoms with Gasteiger partial charge in [-0.15, -0.1) is 0 Å². The summed E-state index contributed by atoms with van der Waals surface area (Å²) >= 11 is 0. The third-order valence-electron chi connectivity index (χ3n) is 3.55. The second-order valence-corrected chi connectivity index (χ2v) is 9.53. The van der Waals surface area contributed by atoms with Crippen molar-refractivity contribution >= 4 is 21.6 Å². The first-order valence-electron chi connectivity index (χ1n) is 8.49. The van der Waals surface area contributed by atoms with Crippen molar-refractivity contribution in [3.63, 3.8) is 0 Å². The number of hydrogen-bond donors (Lipinski definition) is 2. The van der Waals surface area contributed by atoms with Crippen LogP contribution in [0.4, 0.5) is 23.2 Å². The van der Waals surface area contributed by atoms with E-state index in [1.807, 2.05) is 0 Å². The van der Waals surface area contributed by atoms with Gasteiger partial charge in [0, 0.05) is 24.7 Å². The largest absolute Gasteiger partial charge is 0.461 e. The van der Waals surface area contributed by atoms with Crippen molar-refractivity contribution in [2.75, 3.05) is 11.9 Å². The number of benzene rings is 1. The minimum absolute atomic E-state index is 0.0650. The van der Waals surface area contributed by atoms with E-state index in [1.165, 1.54) is 12.1 Å². The quantitative estimate of drug-likeness (QED) is 0.439. The topological polar surface area (TPSA) is 84.5 Å². The monoisotopic (exact) mass is 428 g/mol. The van der Waals surface area contributed by atoms with Gasteiger partial charge in [0.25, 0.3) is 0 Å². The SMILES string of the molecule is CC(C)(C)S(=O)(=O)NCCCCC(=O)Nc1cccc(OC(F)(F)C(F)F)c1. The van der Waals surface area contributed by atoms with Crippen molar-refractivity contribution < 1.29 is 35.5 Å². The molecule has 0 saturated heterocycles. The van der Waals surface area contributed by atoms with Crippen LogP contribution in [0.5, 0.6) is 5.75 Å². The second-order valence-electron chi connectivity index (χ2n) is 7.01. The summed E-state index contributed by atoms with van der Waals surface area (Å²) in [6.07, 6.45) is -7.75. The number of carbonyl (C=O) groups is 1. The van der Waals surface area contributed by atoms with E-state index in [0.717, 1.165) is 12.1 Å². The highest BCUT2D eigenvalue weighted by Crippen LogP contribution is 2.28. The van der Waals surface area contributed by atoms with Gasteiger partial charge in [-0.05, 0) is 45.7 Å². The summed E-state index contributed by atoms with van der Waals surface area (Å²) in [5.41, 5.74) is 0.112. The van der Waals surface area contributed by atoms with Crippen LogP contribution < -0.4 is 14.8 Å². The van der Waals surface area contributed by atoms with Crippen LogP contribution in [-0.2, 0) is 14.8 Å². The van der Waals surface area contributed by atoms with Gasteiger partial charge >= 0.3 is 12.5 Å². The van der Waals surface area contributed by atoms with Crippen LogP contribution in [0.15, 0.2) is 24.3 Å². The van der Waals surface area contributed by atoms with E-state index in [4.69, 9.17) is 0 Å². The number of anilines is 1. The number of amides is 1. The fourth-order valence-corrected chi connectivity index (χ4v) is 2.74. The zero-order valence-electron chi connectivity index (χ0n) is 15.8. The number of alkyl halides is 4. The Morgan fingerprint density at radius 1 is 1.18 bits per heavy atom. The minimum atomic E-state index is -4.64. The molecule has 0 unspecified atom stereocenters. The molecule has 0 fully saturated rings. The van der Waals surface area contributed by atoms with Crippen LogP contribution in [0.1, 0.15) is 40.0 Å². The van der Waals surface area contributed by atoms with Crippen molar-refractivity contribution in [3.8, 4) is 5.75 Å². The first kappa shape index (κ1) is 24.2. The maximum Gasteiger partial charge on any atom is 0.461 e. The molecule has 0 spiro atoms. The Labute approximate surface area is 161 Å². The molecule has 0 saturated carbocycles. The lowest BCUT2D eigenvalue weighted by atomic mass is 10.2. The molecule has 1 amide bonds. The average molecular weight is 428 g/mol. The molecule has 6 nitrogen and oxygen atoms in total. The molecular formula is C17H24F4N2O4S. The normalized spacial score (nSPS) is 12.9. The molecule has 0 atom stereocenters. The third-order valence-corrected chi connectivity index (χ3v) is 5.75. The second kappa shape index (κ2) is 9.55. The Bertz CT molecular complexity index is 765. The summed E-state index contributed by atoms with van der Waals surface area (Å²) in [4.78, 5) is 11.9. The highest BCUT2D eigenvalue weighted by Gasteiger charge is 2.44. The summed E-state index contributed by atoms with van der Waals surface area (Å²) in [5.74, 6) is -0.948. The third kappa shape index (κ3) is 7.63. The van der Waals surface area contributed by atoms with E-state index in [-0.39, 0.29) is 18.7 Å². The van der Waals surface area contributed by atoms with Gasteiger partial charge in [-0.25, -0.2) is 13.1 Å². The van der Waals surface area contributed by atoms with E-state index in [0.29, 0.717) is 12.8 Å². The summed E-state index contributed by atoms with van der Waals surface area (Å²) in [6.45, 7) is 4.88. The average Bonchev–Trinajstić information content (AvgIpc) is 2.53. The van der Waals surface area contributed by atoms with Crippen LogP contribution in [0, 0.1) is 0 Å². The molecule has 160 valence electrons. The van der Waals surface area contributed by atoms with Gasteiger partial charge in [-0.2, -0.15) is 17.6 Å². The molecular weight excluding hydrogens is 404 g/mol. The fourth-order valence-electron chi connectivity index (χ4n) is 1.90. The number of carbonyl (C=O) groups excluding carboxylic acids is 1. The van der Waals surface area contributed by atoms with Crippen molar-refractivity contribution in [2.24, 2.45) is 0 Å². The zero-order valence-corrected chi connectivity index (χ0v) is 16.6. The minimum Gasteiger partial charge on any atom is -0.428 e. The van der Waals surface area contributed by atoms with Crippen molar-refractivity contribution in [2.45, 2.75) is 57.3 Å². The smallest absolute Gasteiger partial charge is 0.428 e. The Balaban J connectivity index is 2.45. The number of sulfonamides is 1. The maximum absolute atomic E-state index is 12.9. The molecule has 0 heterocycles. The summed E-state index contributed by atoms with van der Waals surface area (Å²) in [7, 11) is -3.45. The molecule has 11 heteroatoms. The number of hydrogen-bond acceptors (Lipinski definition) is 4. The lowest BCUT2D eigenvalue weighted by Crippen LogP contribution is -2.39.